The van der Waals surface area contributed by atoms with Gasteiger partial charge in [-0.2, -0.15) is 0 Å². The molecule has 0 aliphatic heterocycles. The van der Waals surface area contributed by atoms with Crippen LogP contribution < -0.4 is 4.90 Å². The Morgan fingerprint density at radius 2 is 2.06 bits per heavy atom. The number of rotatable bonds is 4. The normalized spacial score (nSPS) is 14.4. The van der Waals surface area contributed by atoms with Crippen molar-refractivity contribution in [1.29, 1.82) is 0 Å². The molecule has 0 unspecified atom stereocenters. The van der Waals surface area contributed by atoms with E-state index in [1.165, 1.54) is 0 Å². The number of carbonyl (C=O) groups is 1. The largest absolute Gasteiger partial charge is 0.350 e. The topological polar surface area (TPSA) is 49.3 Å². The maximum absolute atomic E-state index is 11.7. The lowest BCUT2D eigenvalue weighted by atomic mass is 10.3. The van der Waals surface area contributed by atoms with Crippen LogP contribution in [0, 0.1) is 0 Å². The molecule has 1 aromatic rings. The molecule has 6 heteroatoms. The van der Waals surface area contributed by atoms with Crippen LogP contribution >= 0.6 is 11.6 Å². The lowest BCUT2D eigenvalue weighted by molar-refractivity contribution is -0.127. The van der Waals surface area contributed by atoms with Crippen LogP contribution in [0.2, 0.25) is 5.15 Å². The van der Waals surface area contributed by atoms with Gasteiger partial charge in [-0.15, -0.1) is 0 Å². The minimum atomic E-state index is 0.0280. The van der Waals surface area contributed by atoms with Gasteiger partial charge < -0.3 is 9.80 Å². The molecule has 1 heterocycles. The predicted octanol–water partition coefficient (Wildman–Crippen LogP) is 1.53. The summed E-state index contributed by atoms with van der Waals surface area (Å²) in [5.74, 6) is 1.97. The van der Waals surface area contributed by atoms with Gasteiger partial charge in [-0.1, -0.05) is 11.6 Å². The summed E-state index contributed by atoms with van der Waals surface area (Å²) >= 11 is 5.99. The summed E-state index contributed by atoms with van der Waals surface area (Å²) < 4.78 is 0. The highest BCUT2D eigenvalue weighted by atomic mass is 35.5. The van der Waals surface area contributed by atoms with Crippen LogP contribution in [0.3, 0.4) is 0 Å². The fraction of sp³-hybridized carbons (Fsp3) is 0.583. The van der Waals surface area contributed by atoms with Crippen LogP contribution in [0.5, 0.6) is 0 Å². The van der Waals surface area contributed by atoms with Gasteiger partial charge in [0.2, 0.25) is 5.91 Å². The zero-order valence-electron chi connectivity index (χ0n) is 10.9. The Kier molecular flexibility index (Phi) is 3.71. The molecule has 5 nitrogen and oxygen atoms in total. The van der Waals surface area contributed by atoms with E-state index in [1.807, 2.05) is 7.05 Å². The summed E-state index contributed by atoms with van der Waals surface area (Å²) in [5.41, 5.74) is 0. The van der Waals surface area contributed by atoms with Crippen molar-refractivity contribution in [1.82, 2.24) is 14.9 Å². The molecule has 1 saturated carbocycles. The monoisotopic (exact) mass is 268 g/mol. The van der Waals surface area contributed by atoms with Crippen LogP contribution in [0.4, 0.5) is 5.82 Å². The van der Waals surface area contributed by atoms with Crippen LogP contribution in [0.15, 0.2) is 6.07 Å². The van der Waals surface area contributed by atoms with E-state index in [0.717, 1.165) is 18.7 Å². The number of aromatic nitrogens is 2. The molecule has 0 aromatic carbocycles. The van der Waals surface area contributed by atoms with Gasteiger partial charge in [0.25, 0.3) is 0 Å². The van der Waals surface area contributed by atoms with E-state index in [9.17, 15) is 4.79 Å². The van der Waals surface area contributed by atoms with E-state index in [0.29, 0.717) is 16.9 Å². The number of halogens is 1. The van der Waals surface area contributed by atoms with Crippen molar-refractivity contribution >= 4 is 23.3 Å². The Hall–Kier alpha value is -1.36. The van der Waals surface area contributed by atoms with Crippen LogP contribution in [0.1, 0.15) is 24.6 Å². The number of nitrogens with zero attached hydrogens (tertiary/aromatic N) is 4. The summed E-state index contributed by atoms with van der Waals surface area (Å²) in [6.45, 7) is 0.282. The third-order valence-corrected chi connectivity index (χ3v) is 3.10. The standard InChI is InChI=1S/C12H17ClN4O/c1-16(2)11(18)7-17(3)10-6-9(13)14-12(15-10)8-4-5-8/h6,8H,4-5,7H2,1-3H3. The van der Waals surface area contributed by atoms with Crippen LogP contribution in [-0.4, -0.2) is 48.5 Å². The number of hydrogen-bond donors (Lipinski definition) is 0. The molecule has 98 valence electrons. The highest BCUT2D eigenvalue weighted by Crippen LogP contribution is 2.38. The van der Waals surface area contributed by atoms with Gasteiger partial charge in [0, 0.05) is 33.1 Å². The maximum Gasteiger partial charge on any atom is 0.241 e. The highest BCUT2D eigenvalue weighted by Gasteiger charge is 2.27. The van der Waals surface area contributed by atoms with Crippen molar-refractivity contribution in [3.8, 4) is 0 Å². The van der Waals surface area contributed by atoms with Crippen molar-refractivity contribution in [2.45, 2.75) is 18.8 Å². The first-order valence-electron chi connectivity index (χ1n) is 5.93. The first-order chi connectivity index (χ1) is 8.47. The average Bonchev–Trinajstić information content (AvgIpc) is 3.11. The molecule has 0 saturated heterocycles. The zero-order valence-corrected chi connectivity index (χ0v) is 11.6. The lowest BCUT2D eigenvalue weighted by Crippen LogP contribution is -2.34. The summed E-state index contributed by atoms with van der Waals surface area (Å²) in [6, 6.07) is 1.69. The lowest BCUT2D eigenvalue weighted by Gasteiger charge is -2.20. The highest BCUT2D eigenvalue weighted by molar-refractivity contribution is 6.29. The van der Waals surface area contributed by atoms with Gasteiger partial charge in [-0.05, 0) is 12.8 Å². The van der Waals surface area contributed by atoms with E-state index < -0.39 is 0 Å². The third-order valence-electron chi connectivity index (χ3n) is 2.90. The number of likely N-dealkylation sites (N-methyl/N-ethyl adjacent to an activating group) is 2. The van der Waals surface area contributed by atoms with Gasteiger partial charge in [-0.3, -0.25) is 4.79 Å². The number of amides is 1. The second kappa shape index (κ2) is 5.10. The van der Waals surface area contributed by atoms with Crippen molar-refractivity contribution in [2.24, 2.45) is 0 Å². The van der Waals surface area contributed by atoms with Gasteiger partial charge in [0.05, 0.1) is 6.54 Å². The second-order valence-electron chi connectivity index (χ2n) is 4.83. The van der Waals surface area contributed by atoms with Crippen LogP contribution in [-0.2, 0) is 4.79 Å². The second-order valence-corrected chi connectivity index (χ2v) is 5.21. The molecule has 0 atom stereocenters. The van der Waals surface area contributed by atoms with E-state index in [-0.39, 0.29) is 12.5 Å². The summed E-state index contributed by atoms with van der Waals surface area (Å²) in [5, 5.41) is 0.436. The van der Waals surface area contributed by atoms with Crippen LogP contribution in [0.25, 0.3) is 0 Å². The summed E-state index contributed by atoms with van der Waals surface area (Å²) in [4.78, 5) is 23.7. The molecule has 1 fully saturated rings. The fourth-order valence-electron chi connectivity index (χ4n) is 1.57. The average molecular weight is 269 g/mol. The number of anilines is 1. The van der Waals surface area contributed by atoms with Gasteiger partial charge >= 0.3 is 0 Å². The Labute approximate surface area is 112 Å². The molecule has 18 heavy (non-hydrogen) atoms. The molecule has 1 aliphatic rings. The van der Waals surface area contributed by atoms with Gasteiger partial charge in [0.1, 0.15) is 16.8 Å². The first-order valence-corrected chi connectivity index (χ1v) is 6.31. The number of carbonyl (C=O) groups excluding carboxylic acids is 1. The molecular weight excluding hydrogens is 252 g/mol. The SMILES string of the molecule is CN(C)C(=O)CN(C)c1cc(Cl)nc(C2CC2)n1. The van der Waals surface area contributed by atoms with E-state index in [4.69, 9.17) is 11.6 Å². The molecule has 1 aromatic heterocycles. The van der Waals surface area contributed by atoms with Crippen molar-refractivity contribution in [2.75, 3.05) is 32.6 Å². The quantitative estimate of drug-likeness (QED) is 0.777. The minimum absolute atomic E-state index is 0.0280. The fourth-order valence-corrected chi connectivity index (χ4v) is 1.75. The summed E-state index contributed by atoms with van der Waals surface area (Å²) in [6.07, 6.45) is 2.25. The predicted molar refractivity (Wildman–Crippen MR) is 71.0 cm³/mol. The molecular formula is C12H17ClN4O. The Balaban J connectivity index is 2.14. The van der Waals surface area contributed by atoms with Gasteiger partial charge in [0.15, 0.2) is 0 Å². The Morgan fingerprint density at radius 1 is 1.39 bits per heavy atom. The first kappa shape index (κ1) is 13.1. The van der Waals surface area contributed by atoms with E-state index in [2.05, 4.69) is 9.97 Å². The Bertz CT molecular complexity index is 459. The molecule has 2 rings (SSSR count). The molecule has 1 amide bonds. The third kappa shape index (κ3) is 3.10. The smallest absolute Gasteiger partial charge is 0.241 e. The van der Waals surface area contributed by atoms with Crippen molar-refractivity contribution in [3.05, 3.63) is 17.0 Å². The van der Waals surface area contributed by atoms with Crippen molar-refractivity contribution < 1.29 is 4.79 Å². The molecule has 0 radical (unpaired) electrons. The molecule has 0 spiro atoms. The molecule has 0 bridgehead atoms. The molecule has 0 N–H and O–H groups in total. The van der Waals surface area contributed by atoms with E-state index in [1.54, 1.807) is 30.0 Å². The maximum atomic E-state index is 11.7. The number of hydrogen-bond acceptors (Lipinski definition) is 4. The van der Waals surface area contributed by atoms with Gasteiger partial charge in [-0.25, -0.2) is 9.97 Å². The molecule has 1 aliphatic carbocycles. The van der Waals surface area contributed by atoms with E-state index >= 15 is 0 Å². The zero-order chi connectivity index (χ0) is 13.3. The summed E-state index contributed by atoms with van der Waals surface area (Å²) in [7, 11) is 5.30. The Morgan fingerprint density at radius 3 is 2.61 bits per heavy atom. The minimum Gasteiger partial charge on any atom is -0.350 e. The van der Waals surface area contributed by atoms with Crippen molar-refractivity contribution in [3.63, 3.8) is 0 Å².